The highest BCUT2D eigenvalue weighted by atomic mass is 35.5. The Morgan fingerprint density at radius 3 is 2.46 bits per heavy atom. The number of benzene rings is 2. The van der Waals surface area contributed by atoms with Crippen LogP contribution in [0, 0.1) is 13.8 Å². The molecule has 0 saturated carbocycles. The first-order valence-electron chi connectivity index (χ1n) is 8.07. The minimum Gasteiger partial charge on any atom is -0.423 e. The fourth-order valence-corrected chi connectivity index (χ4v) is 2.98. The molecule has 3 nitrogen and oxygen atoms in total. The molecule has 0 saturated heterocycles. The Morgan fingerprint density at radius 1 is 1.08 bits per heavy atom. The fraction of sp³-hybridized carbons (Fsp3) is 0.250. The van der Waals surface area contributed by atoms with Gasteiger partial charge in [0.05, 0.1) is 0 Å². The maximum Gasteiger partial charge on any atom is 0.336 e. The minimum absolute atomic E-state index is 0.274. The number of hydrogen-bond donors (Lipinski definition) is 1. The summed E-state index contributed by atoms with van der Waals surface area (Å²) in [6.45, 7) is 6.96. The largest absolute Gasteiger partial charge is 0.423 e. The summed E-state index contributed by atoms with van der Waals surface area (Å²) in [4.78, 5) is 11.9. The maximum atomic E-state index is 11.9. The van der Waals surface area contributed by atoms with Crippen LogP contribution in [0.5, 0.6) is 0 Å². The Hall–Kier alpha value is -2.10. The number of fused-ring (bicyclic) bond motifs is 1. The molecule has 2 N–H and O–H groups in total. The molecule has 0 amide bonds. The first kappa shape index (κ1) is 16.7. The Morgan fingerprint density at radius 2 is 1.75 bits per heavy atom. The average molecular weight is 343 g/mol. The summed E-state index contributed by atoms with van der Waals surface area (Å²) >= 11 is 5.94. The molecule has 0 unspecified atom stereocenters. The predicted molar refractivity (Wildman–Crippen MR) is 97.5 cm³/mol. The molecular weight excluding hydrogens is 322 g/mol. The van der Waals surface area contributed by atoms with Crippen LogP contribution in [0.15, 0.2) is 51.7 Å². The van der Waals surface area contributed by atoms with Crippen LogP contribution >= 0.6 is 11.6 Å². The van der Waals surface area contributed by atoms with Crippen LogP contribution in [0.2, 0.25) is 5.02 Å². The lowest BCUT2D eigenvalue weighted by Gasteiger charge is -2.13. The predicted octanol–water partition coefficient (Wildman–Crippen LogP) is 3.89. The van der Waals surface area contributed by atoms with Crippen LogP contribution in [0.1, 0.15) is 35.2 Å². The van der Waals surface area contributed by atoms with E-state index >= 15 is 0 Å². The van der Waals surface area contributed by atoms with Gasteiger partial charge in [0.1, 0.15) is 18.2 Å². The van der Waals surface area contributed by atoms with Crippen molar-refractivity contribution in [2.75, 3.05) is 0 Å². The van der Waals surface area contributed by atoms with Crippen LogP contribution in [-0.4, -0.2) is 0 Å². The van der Waals surface area contributed by atoms with E-state index in [1.54, 1.807) is 6.07 Å². The Balaban J connectivity index is 1.88. The number of halogens is 1. The van der Waals surface area contributed by atoms with Crippen LogP contribution in [0.4, 0.5) is 0 Å². The smallest absolute Gasteiger partial charge is 0.336 e. The van der Waals surface area contributed by atoms with Crippen LogP contribution in [0.3, 0.4) is 0 Å². The lowest BCUT2D eigenvalue weighted by Crippen LogP contribution is -2.83. The number of nitrogens with two attached hydrogens (primary N) is 1. The van der Waals surface area contributed by atoms with Gasteiger partial charge in [-0.1, -0.05) is 23.7 Å². The minimum atomic E-state index is -0.298. The first-order valence-corrected chi connectivity index (χ1v) is 8.44. The van der Waals surface area contributed by atoms with Gasteiger partial charge in [-0.2, -0.15) is 0 Å². The van der Waals surface area contributed by atoms with Crippen molar-refractivity contribution in [2.24, 2.45) is 0 Å². The standard InChI is InChI=1S/C20H20ClNO2/c1-12-8-18-16(10-20(23)24-19(18)9-13(12)2)11-22-14(3)15-4-6-17(21)7-5-15/h4-10,14,22H,11H2,1-3H3/p+1/t14-/m1/s1. The molecule has 124 valence electrons. The van der Waals surface area contributed by atoms with Gasteiger partial charge in [0.15, 0.2) is 0 Å². The zero-order chi connectivity index (χ0) is 17.3. The van der Waals surface area contributed by atoms with Gasteiger partial charge in [0, 0.05) is 27.6 Å². The second-order valence-electron chi connectivity index (χ2n) is 6.30. The van der Waals surface area contributed by atoms with Crippen LogP contribution in [-0.2, 0) is 6.54 Å². The molecular formula is C20H21ClNO2+. The molecule has 0 aliphatic heterocycles. The van der Waals surface area contributed by atoms with Gasteiger partial charge >= 0.3 is 5.63 Å². The summed E-state index contributed by atoms with van der Waals surface area (Å²) in [7, 11) is 0. The van der Waals surface area contributed by atoms with Crippen molar-refractivity contribution in [3.8, 4) is 0 Å². The van der Waals surface area contributed by atoms with E-state index in [-0.39, 0.29) is 11.7 Å². The molecule has 0 aliphatic rings. The van der Waals surface area contributed by atoms with E-state index in [1.807, 2.05) is 37.3 Å². The normalized spacial score (nSPS) is 12.5. The summed E-state index contributed by atoms with van der Waals surface area (Å²) in [5.41, 5.74) is 4.90. The van der Waals surface area contributed by atoms with E-state index in [2.05, 4.69) is 25.2 Å². The van der Waals surface area contributed by atoms with E-state index in [1.165, 1.54) is 11.1 Å². The molecule has 0 fully saturated rings. The van der Waals surface area contributed by atoms with E-state index in [0.29, 0.717) is 12.1 Å². The third-order valence-electron chi connectivity index (χ3n) is 4.53. The van der Waals surface area contributed by atoms with Crippen molar-refractivity contribution in [3.05, 3.63) is 80.2 Å². The monoisotopic (exact) mass is 342 g/mol. The molecule has 2 aromatic carbocycles. The Kier molecular flexibility index (Phi) is 4.74. The lowest BCUT2D eigenvalue weighted by atomic mass is 10.0. The summed E-state index contributed by atoms with van der Waals surface area (Å²) in [5.74, 6) is 0. The van der Waals surface area contributed by atoms with Crippen molar-refractivity contribution in [2.45, 2.75) is 33.4 Å². The van der Waals surface area contributed by atoms with Crippen LogP contribution in [0.25, 0.3) is 11.0 Å². The molecule has 3 rings (SSSR count). The van der Waals surface area contributed by atoms with E-state index < -0.39 is 0 Å². The van der Waals surface area contributed by atoms with Gasteiger partial charge in [-0.05, 0) is 56.2 Å². The van der Waals surface area contributed by atoms with Gasteiger partial charge in [0.25, 0.3) is 0 Å². The fourth-order valence-electron chi connectivity index (χ4n) is 2.86. The Bertz CT molecular complexity index is 929. The topological polar surface area (TPSA) is 46.8 Å². The van der Waals surface area contributed by atoms with Gasteiger partial charge in [-0.3, -0.25) is 0 Å². The SMILES string of the molecule is Cc1cc2oc(=O)cc(C[NH2+][C@H](C)c3ccc(Cl)cc3)c2cc1C. The highest BCUT2D eigenvalue weighted by molar-refractivity contribution is 6.30. The van der Waals surface area contributed by atoms with Gasteiger partial charge < -0.3 is 9.73 Å². The zero-order valence-electron chi connectivity index (χ0n) is 14.1. The molecule has 3 aromatic rings. The molecule has 0 bridgehead atoms. The molecule has 0 radical (unpaired) electrons. The van der Waals surface area contributed by atoms with E-state index in [4.69, 9.17) is 16.0 Å². The highest BCUT2D eigenvalue weighted by Gasteiger charge is 2.12. The summed E-state index contributed by atoms with van der Waals surface area (Å²) in [6, 6.07) is 13.8. The first-order chi connectivity index (χ1) is 11.4. The summed E-state index contributed by atoms with van der Waals surface area (Å²) in [6.07, 6.45) is 0. The van der Waals surface area contributed by atoms with Crippen molar-refractivity contribution in [1.82, 2.24) is 0 Å². The molecule has 4 heteroatoms. The van der Waals surface area contributed by atoms with Crippen molar-refractivity contribution >= 4 is 22.6 Å². The van der Waals surface area contributed by atoms with E-state index in [0.717, 1.165) is 21.5 Å². The highest BCUT2D eigenvalue weighted by Crippen LogP contribution is 2.21. The number of hydrogen-bond acceptors (Lipinski definition) is 2. The lowest BCUT2D eigenvalue weighted by molar-refractivity contribution is -0.707. The third kappa shape index (κ3) is 3.53. The van der Waals surface area contributed by atoms with E-state index in [9.17, 15) is 4.79 Å². The average Bonchev–Trinajstić information content (AvgIpc) is 2.54. The molecule has 1 heterocycles. The number of aryl methyl sites for hydroxylation is 2. The third-order valence-corrected chi connectivity index (χ3v) is 4.78. The van der Waals surface area contributed by atoms with Crippen molar-refractivity contribution in [3.63, 3.8) is 0 Å². The van der Waals surface area contributed by atoms with Gasteiger partial charge in [-0.15, -0.1) is 0 Å². The van der Waals surface area contributed by atoms with Crippen LogP contribution < -0.4 is 10.9 Å². The Labute approximate surface area is 146 Å². The molecule has 0 spiro atoms. The van der Waals surface area contributed by atoms with Crippen molar-refractivity contribution < 1.29 is 9.73 Å². The number of quaternary nitrogens is 1. The number of rotatable bonds is 4. The van der Waals surface area contributed by atoms with Gasteiger partial charge in [0.2, 0.25) is 0 Å². The molecule has 1 aromatic heterocycles. The maximum absolute atomic E-state index is 11.9. The second kappa shape index (κ2) is 6.80. The molecule has 1 atom stereocenters. The second-order valence-corrected chi connectivity index (χ2v) is 6.74. The summed E-state index contributed by atoms with van der Waals surface area (Å²) in [5, 5.41) is 3.97. The quantitative estimate of drug-likeness (QED) is 0.731. The molecule has 24 heavy (non-hydrogen) atoms. The summed E-state index contributed by atoms with van der Waals surface area (Å²) < 4.78 is 5.36. The molecule has 0 aliphatic carbocycles. The zero-order valence-corrected chi connectivity index (χ0v) is 14.9. The van der Waals surface area contributed by atoms with Gasteiger partial charge in [-0.25, -0.2) is 4.79 Å². The van der Waals surface area contributed by atoms with Crippen molar-refractivity contribution in [1.29, 1.82) is 0 Å².